The minimum atomic E-state index is -1.31. The third-order valence-corrected chi connectivity index (χ3v) is 3.75. The number of rotatable bonds is 3. The number of carbonyl (C=O) groups is 1. The van der Waals surface area contributed by atoms with Crippen molar-refractivity contribution in [2.24, 2.45) is 10.2 Å². The number of hydrogen-bond acceptors (Lipinski definition) is 4. The van der Waals surface area contributed by atoms with E-state index in [0.717, 1.165) is 6.20 Å². The summed E-state index contributed by atoms with van der Waals surface area (Å²) in [5, 5.41) is 17.4. The van der Waals surface area contributed by atoms with Crippen molar-refractivity contribution in [2.45, 2.75) is 0 Å². The molecule has 116 valence electrons. The normalized spacial score (nSPS) is 11.4. The number of aromatic carboxylic acids is 1. The first-order valence-corrected chi connectivity index (χ1v) is 6.99. The molecule has 9 heteroatoms. The third-order valence-electron chi connectivity index (χ3n) is 2.94. The number of halogens is 3. The van der Waals surface area contributed by atoms with Crippen LogP contribution in [0.4, 0.5) is 15.9 Å². The second-order valence-corrected chi connectivity index (χ2v) is 5.22. The summed E-state index contributed by atoms with van der Waals surface area (Å²) in [6, 6.07) is 7.27. The molecule has 2 heterocycles. The zero-order chi connectivity index (χ0) is 16.6. The smallest absolute Gasteiger partial charge is 0.358 e. The summed E-state index contributed by atoms with van der Waals surface area (Å²) in [5.41, 5.74) is 0.134. The molecule has 0 bridgehead atoms. The standard InChI is InChI=1S/C14H7Cl2FN4O2/c15-8-2-1-3-9(11(8)16)19-20-13-12(14(22)23)18-10-5-4-7(17)6-21(10)13/h1-6H,(H,22,23). The number of nitrogens with zero attached hydrogens (tertiary/aromatic N) is 4. The van der Waals surface area contributed by atoms with Crippen molar-refractivity contribution in [3.63, 3.8) is 0 Å². The predicted octanol–water partition coefficient (Wildman–Crippen LogP) is 4.89. The largest absolute Gasteiger partial charge is 0.476 e. The minimum absolute atomic E-state index is 0.122. The van der Waals surface area contributed by atoms with Crippen LogP contribution in [-0.4, -0.2) is 20.5 Å². The quantitative estimate of drug-likeness (QED) is 0.681. The summed E-state index contributed by atoms with van der Waals surface area (Å²) in [6.07, 6.45) is 1.07. The van der Waals surface area contributed by atoms with E-state index in [9.17, 15) is 14.3 Å². The average Bonchev–Trinajstić information content (AvgIpc) is 2.87. The second kappa shape index (κ2) is 5.94. The first-order chi connectivity index (χ1) is 11.0. The van der Waals surface area contributed by atoms with Crippen molar-refractivity contribution in [2.75, 3.05) is 0 Å². The predicted molar refractivity (Wildman–Crippen MR) is 82.7 cm³/mol. The molecular formula is C14H7Cl2FN4O2. The van der Waals surface area contributed by atoms with Crippen LogP contribution in [0.5, 0.6) is 0 Å². The third kappa shape index (κ3) is 2.88. The number of azo groups is 1. The molecule has 2 aromatic heterocycles. The topological polar surface area (TPSA) is 79.3 Å². The second-order valence-electron chi connectivity index (χ2n) is 4.44. The fourth-order valence-corrected chi connectivity index (χ4v) is 2.25. The van der Waals surface area contributed by atoms with Gasteiger partial charge in [0.1, 0.15) is 17.2 Å². The zero-order valence-electron chi connectivity index (χ0n) is 11.2. The highest BCUT2D eigenvalue weighted by Gasteiger charge is 2.18. The van der Waals surface area contributed by atoms with Gasteiger partial charge in [0.25, 0.3) is 0 Å². The van der Waals surface area contributed by atoms with Crippen LogP contribution in [0.2, 0.25) is 10.0 Å². The summed E-state index contributed by atoms with van der Waals surface area (Å²) in [7, 11) is 0. The summed E-state index contributed by atoms with van der Waals surface area (Å²) < 4.78 is 14.6. The Labute approximate surface area is 138 Å². The van der Waals surface area contributed by atoms with Gasteiger partial charge in [-0.2, -0.15) is 0 Å². The van der Waals surface area contributed by atoms with Crippen molar-refractivity contribution < 1.29 is 14.3 Å². The van der Waals surface area contributed by atoms with Gasteiger partial charge in [0.2, 0.25) is 0 Å². The van der Waals surface area contributed by atoms with Crippen molar-refractivity contribution in [1.29, 1.82) is 0 Å². The van der Waals surface area contributed by atoms with E-state index < -0.39 is 11.8 Å². The number of benzene rings is 1. The average molecular weight is 353 g/mol. The number of fused-ring (bicyclic) bond motifs is 1. The number of carboxylic acids is 1. The molecule has 0 aliphatic heterocycles. The van der Waals surface area contributed by atoms with Gasteiger partial charge in [-0.25, -0.2) is 14.2 Å². The molecule has 6 nitrogen and oxygen atoms in total. The van der Waals surface area contributed by atoms with Crippen molar-refractivity contribution in [3.05, 3.63) is 58.1 Å². The lowest BCUT2D eigenvalue weighted by atomic mass is 10.3. The number of carboxylic acid groups (broad SMARTS) is 1. The highest BCUT2D eigenvalue weighted by atomic mass is 35.5. The Balaban J connectivity index is 2.16. The summed E-state index contributed by atoms with van der Waals surface area (Å²) in [6.45, 7) is 0. The van der Waals surface area contributed by atoms with Gasteiger partial charge in [-0.05, 0) is 24.3 Å². The molecule has 0 amide bonds. The molecule has 0 unspecified atom stereocenters. The first-order valence-electron chi connectivity index (χ1n) is 6.24. The molecule has 23 heavy (non-hydrogen) atoms. The first kappa shape index (κ1) is 15.4. The van der Waals surface area contributed by atoms with Crippen LogP contribution in [0.15, 0.2) is 46.8 Å². The van der Waals surface area contributed by atoms with E-state index in [4.69, 9.17) is 23.2 Å². The highest BCUT2D eigenvalue weighted by molar-refractivity contribution is 6.43. The van der Waals surface area contributed by atoms with E-state index in [1.54, 1.807) is 18.2 Å². The summed E-state index contributed by atoms with van der Waals surface area (Å²) in [4.78, 5) is 15.2. The Morgan fingerprint density at radius 2 is 2.00 bits per heavy atom. The Hall–Kier alpha value is -2.51. The maximum atomic E-state index is 13.4. The summed E-state index contributed by atoms with van der Waals surface area (Å²) >= 11 is 11.9. The van der Waals surface area contributed by atoms with E-state index in [0.29, 0.717) is 0 Å². The van der Waals surface area contributed by atoms with Crippen molar-refractivity contribution in [1.82, 2.24) is 9.38 Å². The molecule has 0 spiro atoms. The van der Waals surface area contributed by atoms with Crippen LogP contribution in [0.1, 0.15) is 10.5 Å². The molecule has 1 N–H and O–H groups in total. The van der Waals surface area contributed by atoms with Crippen LogP contribution in [0.25, 0.3) is 5.65 Å². The lowest BCUT2D eigenvalue weighted by Crippen LogP contribution is -1.96. The fraction of sp³-hybridized carbons (Fsp3) is 0. The molecule has 1 aromatic carbocycles. The monoisotopic (exact) mass is 352 g/mol. The van der Waals surface area contributed by atoms with Gasteiger partial charge in [-0.15, -0.1) is 10.2 Å². The van der Waals surface area contributed by atoms with Crippen LogP contribution in [0.3, 0.4) is 0 Å². The van der Waals surface area contributed by atoms with Crippen LogP contribution >= 0.6 is 23.2 Å². The summed E-state index contributed by atoms with van der Waals surface area (Å²) in [5.74, 6) is -1.99. The van der Waals surface area contributed by atoms with E-state index >= 15 is 0 Å². The van der Waals surface area contributed by atoms with Gasteiger partial charge in [-0.1, -0.05) is 29.3 Å². The Morgan fingerprint density at radius 3 is 2.74 bits per heavy atom. The Morgan fingerprint density at radius 1 is 1.22 bits per heavy atom. The molecule has 0 radical (unpaired) electrons. The number of pyridine rings is 1. The van der Waals surface area contributed by atoms with Gasteiger partial charge in [0.05, 0.1) is 10.0 Å². The van der Waals surface area contributed by atoms with Gasteiger partial charge in [0.15, 0.2) is 11.5 Å². The molecular weight excluding hydrogens is 346 g/mol. The maximum absolute atomic E-state index is 13.4. The van der Waals surface area contributed by atoms with Crippen LogP contribution in [-0.2, 0) is 0 Å². The van der Waals surface area contributed by atoms with Gasteiger partial charge in [-0.3, -0.25) is 4.40 Å². The molecule has 0 fully saturated rings. The molecule has 0 atom stereocenters. The van der Waals surface area contributed by atoms with E-state index in [1.807, 2.05) is 0 Å². The Kier molecular flexibility index (Phi) is 3.97. The highest BCUT2D eigenvalue weighted by Crippen LogP contribution is 2.33. The van der Waals surface area contributed by atoms with Gasteiger partial charge < -0.3 is 5.11 Å². The van der Waals surface area contributed by atoms with Crippen molar-refractivity contribution >= 4 is 46.3 Å². The van der Waals surface area contributed by atoms with E-state index in [2.05, 4.69) is 15.2 Å². The molecule has 0 saturated carbocycles. The van der Waals surface area contributed by atoms with E-state index in [1.165, 1.54) is 16.5 Å². The van der Waals surface area contributed by atoms with Gasteiger partial charge in [0, 0.05) is 6.20 Å². The van der Waals surface area contributed by atoms with E-state index in [-0.39, 0.29) is 32.9 Å². The van der Waals surface area contributed by atoms with Gasteiger partial charge >= 0.3 is 5.97 Å². The number of aromatic nitrogens is 2. The molecule has 0 saturated heterocycles. The molecule has 3 rings (SSSR count). The molecule has 0 aliphatic carbocycles. The van der Waals surface area contributed by atoms with Crippen molar-refractivity contribution in [3.8, 4) is 0 Å². The lowest BCUT2D eigenvalue weighted by Gasteiger charge is -1.99. The minimum Gasteiger partial charge on any atom is -0.476 e. The fourth-order valence-electron chi connectivity index (χ4n) is 1.92. The van der Waals surface area contributed by atoms with Crippen LogP contribution < -0.4 is 0 Å². The molecule has 3 aromatic rings. The SMILES string of the molecule is O=C(O)c1nc2ccc(F)cn2c1N=Nc1cccc(Cl)c1Cl. The number of hydrogen-bond donors (Lipinski definition) is 1. The van der Waals surface area contributed by atoms with Crippen LogP contribution in [0, 0.1) is 5.82 Å². The maximum Gasteiger partial charge on any atom is 0.358 e. The lowest BCUT2D eigenvalue weighted by molar-refractivity contribution is 0.0692. The number of imidazole rings is 1. The molecule has 0 aliphatic rings. The Bertz CT molecular complexity index is 955. The zero-order valence-corrected chi connectivity index (χ0v) is 12.8.